The molecule has 0 spiro atoms. The lowest BCUT2D eigenvalue weighted by atomic mass is 10.1. The second-order valence-electron chi connectivity index (χ2n) is 4.62. The van der Waals surface area contributed by atoms with Crippen LogP contribution in [0.15, 0.2) is 70.8 Å². The first-order chi connectivity index (χ1) is 10.3. The van der Waals surface area contributed by atoms with E-state index in [4.69, 9.17) is 5.73 Å². The maximum absolute atomic E-state index is 5.86. The number of hydrogen-bond donors (Lipinski definition) is 2. The molecular formula is C17H20N4. The molecule has 0 aliphatic rings. The first-order valence-corrected chi connectivity index (χ1v) is 7.07. The van der Waals surface area contributed by atoms with Gasteiger partial charge in [0.2, 0.25) is 5.96 Å². The van der Waals surface area contributed by atoms with Crippen LogP contribution in [0.3, 0.4) is 0 Å². The Balaban J connectivity index is 2.11. The molecule has 0 radical (unpaired) electrons. The molecule has 0 atom stereocenters. The Labute approximate surface area is 125 Å². The summed E-state index contributed by atoms with van der Waals surface area (Å²) >= 11 is 0. The smallest absolute Gasteiger partial charge is 0.214 e. The van der Waals surface area contributed by atoms with Crippen molar-refractivity contribution in [3.63, 3.8) is 0 Å². The Kier molecular flexibility index (Phi) is 5.52. The zero-order valence-electron chi connectivity index (χ0n) is 12.2. The normalized spacial score (nSPS) is 12.2. The second-order valence-corrected chi connectivity index (χ2v) is 4.62. The van der Waals surface area contributed by atoms with Gasteiger partial charge in [-0.2, -0.15) is 5.10 Å². The van der Waals surface area contributed by atoms with Crippen LogP contribution in [0.1, 0.15) is 25.3 Å². The van der Waals surface area contributed by atoms with Crippen molar-refractivity contribution in [1.29, 1.82) is 0 Å². The lowest BCUT2D eigenvalue weighted by molar-refractivity contribution is 0.943. The number of hydrogen-bond acceptors (Lipinski definition) is 2. The molecule has 0 amide bonds. The van der Waals surface area contributed by atoms with Gasteiger partial charge in [0.05, 0.1) is 11.4 Å². The molecule has 21 heavy (non-hydrogen) atoms. The van der Waals surface area contributed by atoms with Gasteiger partial charge in [-0.1, -0.05) is 61.9 Å². The Morgan fingerprint density at radius 3 is 2.24 bits per heavy atom. The van der Waals surface area contributed by atoms with Crippen LogP contribution in [0.25, 0.3) is 0 Å². The monoisotopic (exact) mass is 280 g/mol. The van der Waals surface area contributed by atoms with Gasteiger partial charge in [0.25, 0.3) is 0 Å². The van der Waals surface area contributed by atoms with E-state index in [0.717, 1.165) is 29.8 Å². The van der Waals surface area contributed by atoms with Gasteiger partial charge in [0, 0.05) is 0 Å². The Hall–Kier alpha value is -2.62. The predicted octanol–water partition coefficient (Wildman–Crippen LogP) is 3.43. The highest BCUT2D eigenvalue weighted by Gasteiger charge is 2.02. The number of para-hydroxylation sites is 1. The summed E-state index contributed by atoms with van der Waals surface area (Å²) in [6.07, 6.45) is 1.90. The molecule has 3 N–H and O–H groups in total. The first-order valence-electron chi connectivity index (χ1n) is 7.07. The van der Waals surface area contributed by atoms with E-state index in [9.17, 15) is 0 Å². The van der Waals surface area contributed by atoms with E-state index in [1.807, 2.05) is 60.7 Å². The number of benzene rings is 2. The van der Waals surface area contributed by atoms with E-state index < -0.39 is 0 Å². The molecular weight excluding hydrogens is 260 g/mol. The van der Waals surface area contributed by atoms with Gasteiger partial charge < -0.3 is 5.73 Å². The third kappa shape index (κ3) is 4.76. The van der Waals surface area contributed by atoms with Gasteiger partial charge >= 0.3 is 0 Å². The molecule has 0 saturated heterocycles. The summed E-state index contributed by atoms with van der Waals surface area (Å²) < 4.78 is 0. The highest BCUT2D eigenvalue weighted by atomic mass is 15.4. The van der Waals surface area contributed by atoms with Crippen molar-refractivity contribution in [3.8, 4) is 0 Å². The maximum Gasteiger partial charge on any atom is 0.214 e. The van der Waals surface area contributed by atoms with Crippen molar-refractivity contribution in [2.45, 2.75) is 19.8 Å². The minimum atomic E-state index is 0.283. The molecule has 0 aliphatic carbocycles. The number of hydrazone groups is 1. The SMILES string of the molecule is CCC/C(=N\NC(N)=Nc1ccccc1)c1ccccc1. The number of nitrogens with two attached hydrogens (primary N) is 1. The lowest BCUT2D eigenvalue weighted by Gasteiger charge is -2.06. The molecule has 0 saturated carbocycles. The van der Waals surface area contributed by atoms with Crippen LogP contribution in [0.5, 0.6) is 0 Å². The summed E-state index contributed by atoms with van der Waals surface area (Å²) in [7, 11) is 0. The van der Waals surface area contributed by atoms with Gasteiger partial charge in [0.15, 0.2) is 0 Å². The maximum atomic E-state index is 5.86. The summed E-state index contributed by atoms with van der Waals surface area (Å²) in [6.45, 7) is 2.12. The van der Waals surface area contributed by atoms with Gasteiger partial charge in [0.1, 0.15) is 0 Å². The van der Waals surface area contributed by atoms with E-state index in [1.165, 1.54) is 0 Å². The molecule has 2 rings (SSSR count). The standard InChI is InChI=1S/C17H20N4/c1-2-9-16(14-10-5-3-6-11-14)20-21-17(18)19-15-12-7-4-8-13-15/h3-8,10-13H,2,9H2,1H3,(H3,18,19,21)/b20-16+. The van der Waals surface area contributed by atoms with Crippen molar-refractivity contribution >= 4 is 17.4 Å². The largest absolute Gasteiger partial charge is 0.368 e. The molecule has 0 aliphatic heterocycles. The van der Waals surface area contributed by atoms with Crippen LogP contribution in [0.4, 0.5) is 5.69 Å². The number of aliphatic imine (C=N–C) groups is 1. The lowest BCUT2D eigenvalue weighted by Crippen LogP contribution is -2.28. The topological polar surface area (TPSA) is 62.8 Å². The third-order valence-electron chi connectivity index (χ3n) is 2.90. The zero-order chi connectivity index (χ0) is 14.9. The van der Waals surface area contributed by atoms with Gasteiger partial charge in [-0.25, -0.2) is 10.4 Å². The minimum Gasteiger partial charge on any atom is -0.368 e. The van der Waals surface area contributed by atoms with Crippen LogP contribution in [0, 0.1) is 0 Å². The molecule has 108 valence electrons. The van der Waals surface area contributed by atoms with Gasteiger partial charge in [-0.3, -0.25) is 0 Å². The van der Waals surface area contributed by atoms with Crippen LogP contribution < -0.4 is 11.2 Å². The molecule has 4 heteroatoms. The van der Waals surface area contributed by atoms with Crippen LogP contribution in [-0.4, -0.2) is 11.7 Å². The number of nitrogens with zero attached hydrogens (tertiary/aromatic N) is 2. The van der Waals surface area contributed by atoms with E-state index >= 15 is 0 Å². The first kappa shape index (κ1) is 14.8. The summed E-state index contributed by atoms with van der Waals surface area (Å²) in [6, 6.07) is 19.6. The Bertz CT molecular complexity index is 603. The minimum absolute atomic E-state index is 0.283. The average molecular weight is 280 g/mol. The fourth-order valence-corrected chi connectivity index (χ4v) is 1.92. The van der Waals surface area contributed by atoms with Crippen molar-refractivity contribution < 1.29 is 0 Å². The van der Waals surface area contributed by atoms with E-state index in [2.05, 4.69) is 22.4 Å². The predicted molar refractivity (Wildman–Crippen MR) is 88.7 cm³/mol. The fraction of sp³-hybridized carbons (Fsp3) is 0.176. The third-order valence-corrected chi connectivity index (χ3v) is 2.90. The molecule has 0 bridgehead atoms. The molecule has 0 heterocycles. The Morgan fingerprint density at radius 2 is 1.62 bits per heavy atom. The quantitative estimate of drug-likeness (QED) is 0.501. The number of rotatable bonds is 5. The van der Waals surface area contributed by atoms with Crippen LogP contribution in [0.2, 0.25) is 0 Å². The van der Waals surface area contributed by atoms with Crippen molar-refractivity contribution in [1.82, 2.24) is 5.43 Å². The average Bonchev–Trinajstić information content (AvgIpc) is 2.53. The molecule has 0 unspecified atom stereocenters. The highest BCUT2D eigenvalue weighted by molar-refractivity contribution is 6.01. The number of nitrogens with one attached hydrogen (secondary N) is 1. The summed E-state index contributed by atoms with van der Waals surface area (Å²) in [5.74, 6) is 0.283. The van der Waals surface area contributed by atoms with E-state index in [0.29, 0.717) is 0 Å². The number of guanidine groups is 1. The van der Waals surface area contributed by atoms with Crippen molar-refractivity contribution in [2.75, 3.05) is 0 Å². The zero-order valence-corrected chi connectivity index (χ0v) is 12.2. The summed E-state index contributed by atoms with van der Waals surface area (Å²) in [5.41, 5.74) is 11.6. The molecule has 2 aromatic carbocycles. The summed E-state index contributed by atoms with van der Waals surface area (Å²) in [5, 5.41) is 4.39. The molecule has 0 aromatic heterocycles. The van der Waals surface area contributed by atoms with Gasteiger partial charge in [-0.15, -0.1) is 0 Å². The molecule has 2 aromatic rings. The van der Waals surface area contributed by atoms with E-state index in [-0.39, 0.29) is 5.96 Å². The Morgan fingerprint density at radius 1 is 1.00 bits per heavy atom. The van der Waals surface area contributed by atoms with Crippen LogP contribution >= 0.6 is 0 Å². The fourth-order valence-electron chi connectivity index (χ4n) is 1.92. The van der Waals surface area contributed by atoms with Crippen LogP contribution in [-0.2, 0) is 0 Å². The summed E-state index contributed by atoms with van der Waals surface area (Å²) in [4.78, 5) is 4.26. The van der Waals surface area contributed by atoms with Gasteiger partial charge in [-0.05, 0) is 24.1 Å². The molecule has 0 fully saturated rings. The van der Waals surface area contributed by atoms with Crippen molar-refractivity contribution in [2.24, 2.45) is 15.8 Å². The second kappa shape index (κ2) is 7.85. The molecule has 4 nitrogen and oxygen atoms in total. The van der Waals surface area contributed by atoms with Crippen molar-refractivity contribution in [3.05, 3.63) is 66.2 Å². The highest BCUT2D eigenvalue weighted by Crippen LogP contribution is 2.09. The van der Waals surface area contributed by atoms with E-state index in [1.54, 1.807) is 0 Å².